The summed E-state index contributed by atoms with van der Waals surface area (Å²) in [6, 6.07) is -1.39. The van der Waals surface area contributed by atoms with Crippen molar-refractivity contribution in [1.82, 2.24) is 10.6 Å². The number of rotatable bonds is 37. The zero-order chi connectivity index (χ0) is 39.0. The molecule has 304 valence electrons. The van der Waals surface area contributed by atoms with E-state index in [4.69, 9.17) is 14.9 Å². The van der Waals surface area contributed by atoms with Crippen LogP contribution >= 0.6 is 0 Å². The number of allylic oxidation sites excluding steroid dienone is 7. The summed E-state index contributed by atoms with van der Waals surface area (Å²) in [5.74, 6) is -2.42. The minimum atomic E-state index is -1.39. The van der Waals surface area contributed by atoms with Crippen molar-refractivity contribution in [1.29, 1.82) is 0 Å². The Labute approximate surface area is 322 Å². The van der Waals surface area contributed by atoms with E-state index in [2.05, 4.69) is 73.1 Å². The Morgan fingerprint density at radius 3 is 1.68 bits per heavy atom. The second-order valence-electron chi connectivity index (χ2n) is 14.1. The molecule has 2 amide bonds. The summed E-state index contributed by atoms with van der Waals surface area (Å²) in [4.78, 5) is 47.4. The lowest BCUT2D eigenvalue weighted by atomic mass is 10.1. The van der Waals surface area contributed by atoms with E-state index in [1.807, 2.05) is 0 Å². The average molecular weight is 745 g/mol. The highest BCUT2D eigenvalue weighted by atomic mass is 16.5. The third-order valence-electron chi connectivity index (χ3n) is 9.03. The van der Waals surface area contributed by atoms with E-state index in [1.165, 1.54) is 70.6 Å². The molecule has 0 aromatic carbocycles. The second kappa shape index (κ2) is 38.5. The van der Waals surface area contributed by atoms with Gasteiger partial charge in [0, 0.05) is 12.8 Å². The van der Waals surface area contributed by atoms with E-state index in [9.17, 15) is 19.2 Å². The average Bonchev–Trinajstić information content (AvgIpc) is 3.14. The summed E-state index contributed by atoms with van der Waals surface area (Å²) in [6.07, 6.45) is 44.4. The molecular formula is C44H76N2O7. The van der Waals surface area contributed by atoms with Crippen LogP contribution in [0.25, 0.3) is 0 Å². The van der Waals surface area contributed by atoms with Crippen LogP contribution in [0.1, 0.15) is 181 Å². The van der Waals surface area contributed by atoms with Crippen LogP contribution in [0.5, 0.6) is 0 Å². The van der Waals surface area contributed by atoms with Gasteiger partial charge in [-0.05, 0) is 83.1 Å². The highest BCUT2D eigenvalue weighted by Crippen LogP contribution is 2.15. The number of esters is 1. The number of carbonyl (C=O) groups excluding carboxylic acids is 3. The number of hydrogen-bond donors (Lipinski definition) is 4. The zero-order valence-electron chi connectivity index (χ0n) is 33.5. The normalized spacial score (nSPS) is 13.0. The van der Waals surface area contributed by atoms with Crippen LogP contribution in [-0.4, -0.2) is 59.3 Å². The first kappa shape index (κ1) is 49.8. The molecule has 2 unspecified atom stereocenters. The van der Waals surface area contributed by atoms with E-state index in [0.717, 1.165) is 77.0 Å². The maximum atomic E-state index is 12.7. The van der Waals surface area contributed by atoms with Gasteiger partial charge in [0.25, 0.3) is 0 Å². The Kier molecular flexibility index (Phi) is 36.2. The van der Waals surface area contributed by atoms with E-state index in [0.29, 0.717) is 12.8 Å². The number of aliphatic carboxylic acids is 1. The second-order valence-corrected chi connectivity index (χ2v) is 14.1. The van der Waals surface area contributed by atoms with Crippen molar-refractivity contribution >= 4 is 23.8 Å². The SMILES string of the molecule is CCCCC/C=C\C/C=C\C/C=C\CCCCCCCCC(=O)OC(/C=C\CCCCCCC)CCCCCCC(=O)NCC(=O)NC(CO)C(=O)O. The van der Waals surface area contributed by atoms with Crippen molar-refractivity contribution in [2.45, 2.75) is 193 Å². The van der Waals surface area contributed by atoms with Crippen LogP contribution in [-0.2, 0) is 23.9 Å². The van der Waals surface area contributed by atoms with Gasteiger partial charge in [-0.15, -0.1) is 0 Å². The van der Waals surface area contributed by atoms with E-state index < -0.39 is 24.5 Å². The van der Waals surface area contributed by atoms with Crippen molar-refractivity contribution in [3.8, 4) is 0 Å². The van der Waals surface area contributed by atoms with Crippen molar-refractivity contribution in [2.75, 3.05) is 13.2 Å². The van der Waals surface area contributed by atoms with Gasteiger partial charge in [0.05, 0.1) is 13.2 Å². The summed E-state index contributed by atoms with van der Waals surface area (Å²) in [7, 11) is 0. The van der Waals surface area contributed by atoms with Crippen molar-refractivity contribution in [3.63, 3.8) is 0 Å². The Hall–Kier alpha value is -3.20. The third kappa shape index (κ3) is 35.6. The molecular weight excluding hydrogens is 668 g/mol. The molecule has 0 aliphatic rings. The van der Waals surface area contributed by atoms with E-state index in [1.54, 1.807) is 0 Å². The molecule has 0 spiro atoms. The monoisotopic (exact) mass is 745 g/mol. The van der Waals surface area contributed by atoms with Gasteiger partial charge in [-0.1, -0.05) is 133 Å². The molecule has 0 aliphatic carbocycles. The molecule has 0 saturated heterocycles. The minimum Gasteiger partial charge on any atom is -0.480 e. The van der Waals surface area contributed by atoms with Crippen molar-refractivity contribution in [3.05, 3.63) is 48.6 Å². The molecule has 4 N–H and O–H groups in total. The molecule has 0 aliphatic heterocycles. The third-order valence-corrected chi connectivity index (χ3v) is 9.03. The number of carboxylic acid groups (broad SMARTS) is 1. The quantitative estimate of drug-likeness (QED) is 0.0282. The largest absolute Gasteiger partial charge is 0.480 e. The molecule has 0 aromatic heterocycles. The summed E-state index contributed by atoms with van der Waals surface area (Å²) >= 11 is 0. The first-order valence-corrected chi connectivity index (χ1v) is 21.0. The topological polar surface area (TPSA) is 142 Å². The molecule has 2 atom stereocenters. The molecule has 0 saturated carbocycles. The Bertz CT molecular complexity index is 1040. The number of amides is 2. The number of carbonyl (C=O) groups is 4. The van der Waals surface area contributed by atoms with Crippen LogP contribution in [0.15, 0.2) is 48.6 Å². The standard InChI is InChI=1S/C44H76N2O7/c1-3-5-7-9-11-12-13-14-15-16-17-18-19-20-21-22-24-26-32-36-43(50)53-39(33-29-25-23-10-8-6-4-2)34-30-27-28-31-35-41(48)45-37-42(49)46-40(38-47)44(51)52/h11-12,14-15,17-18,29,33,39-40,47H,3-10,13,16,19-28,30-32,34-38H2,1-2H3,(H,45,48)(H,46,49)(H,51,52)/b12-11-,15-14-,18-17-,33-29-. The van der Waals surface area contributed by atoms with Crippen LogP contribution in [0.3, 0.4) is 0 Å². The number of nitrogens with one attached hydrogen (secondary N) is 2. The van der Waals surface area contributed by atoms with Gasteiger partial charge in [-0.2, -0.15) is 0 Å². The van der Waals surface area contributed by atoms with Gasteiger partial charge in [0.15, 0.2) is 0 Å². The summed E-state index contributed by atoms with van der Waals surface area (Å²) in [5.41, 5.74) is 0. The molecule has 9 nitrogen and oxygen atoms in total. The lowest BCUT2D eigenvalue weighted by molar-refractivity contribution is -0.147. The lowest BCUT2D eigenvalue weighted by Crippen LogP contribution is -2.47. The molecule has 53 heavy (non-hydrogen) atoms. The molecule has 0 fully saturated rings. The number of aliphatic hydroxyl groups excluding tert-OH is 1. The molecule has 0 radical (unpaired) electrons. The van der Waals surface area contributed by atoms with Crippen LogP contribution in [0.4, 0.5) is 0 Å². The fraction of sp³-hybridized carbons (Fsp3) is 0.727. The molecule has 9 heteroatoms. The van der Waals surface area contributed by atoms with Crippen LogP contribution in [0.2, 0.25) is 0 Å². The molecule has 0 aromatic rings. The summed E-state index contributed by atoms with van der Waals surface area (Å²) in [5, 5.41) is 22.5. The number of carboxylic acids is 1. The number of ether oxygens (including phenoxy) is 1. The summed E-state index contributed by atoms with van der Waals surface area (Å²) in [6.45, 7) is 3.39. The van der Waals surface area contributed by atoms with E-state index >= 15 is 0 Å². The van der Waals surface area contributed by atoms with Gasteiger partial charge >= 0.3 is 11.9 Å². The fourth-order valence-corrected chi connectivity index (χ4v) is 5.75. The Morgan fingerprint density at radius 1 is 0.585 bits per heavy atom. The predicted octanol–water partition coefficient (Wildman–Crippen LogP) is 9.98. The van der Waals surface area contributed by atoms with Crippen molar-refractivity contribution < 1.29 is 34.1 Å². The highest BCUT2D eigenvalue weighted by Gasteiger charge is 2.18. The zero-order valence-corrected chi connectivity index (χ0v) is 33.5. The Morgan fingerprint density at radius 2 is 1.08 bits per heavy atom. The molecule has 0 bridgehead atoms. The van der Waals surface area contributed by atoms with Crippen molar-refractivity contribution in [2.24, 2.45) is 0 Å². The smallest absolute Gasteiger partial charge is 0.328 e. The summed E-state index contributed by atoms with van der Waals surface area (Å²) < 4.78 is 5.89. The first-order chi connectivity index (χ1) is 25.8. The van der Waals surface area contributed by atoms with Gasteiger partial charge in [-0.25, -0.2) is 4.79 Å². The number of hydrogen-bond acceptors (Lipinski definition) is 6. The minimum absolute atomic E-state index is 0.126. The fourth-order valence-electron chi connectivity index (χ4n) is 5.75. The Balaban J connectivity index is 4.22. The van der Waals surface area contributed by atoms with Crippen LogP contribution < -0.4 is 10.6 Å². The van der Waals surface area contributed by atoms with E-state index in [-0.39, 0.29) is 30.9 Å². The lowest BCUT2D eigenvalue weighted by Gasteiger charge is -2.15. The maximum Gasteiger partial charge on any atom is 0.328 e. The highest BCUT2D eigenvalue weighted by molar-refractivity contribution is 5.87. The maximum absolute atomic E-state index is 12.7. The van der Waals surface area contributed by atoms with Gasteiger partial charge in [0.1, 0.15) is 12.1 Å². The van der Waals surface area contributed by atoms with Gasteiger partial charge in [-0.3, -0.25) is 14.4 Å². The number of unbranched alkanes of at least 4 members (excludes halogenated alkanes) is 17. The molecule has 0 heterocycles. The van der Waals surface area contributed by atoms with Gasteiger partial charge < -0.3 is 25.6 Å². The number of aliphatic hydroxyl groups is 1. The molecule has 0 rings (SSSR count). The predicted molar refractivity (Wildman–Crippen MR) is 217 cm³/mol. The first-order valence-electron chi connectivity index (χ1n) is 21.0. The van der Waals surface area contributed by atoms with Crippen LogP contribution in [0, 0.1) is 0 Å². The van der Waals surface area contributed by atoms with Gasteiger partial charge in [0.2, 0.25) is 11.8 Å².